The fraction of sp³-hybridized carbons (Fsp3) is 0.250. The van der Waals surface area contributed by atoms with E-state index in [-0.39, 0.29) is 0 Å². The van der Waals surface area contributed by atoms with Crippen molar-refractivity contribution in [2.24, 2.45) is 0 Å². The fourth-order valence-electron chi connectivity index (χ4n) is 1.84. The van der Waals surface area contributed by atoms with Crippen molar-refractivity contribution in [1.29, 1.82) is 0 Å². The number of para-hydroxylation sites is 1. The predicted molar refractivity (Wildman–Crippen MR) is 73.0 cm³/mol. The Bertz CT molecular complexity index is 501. The third kappa shape index (κ3) is 2.90. The van der Waals surface area contributed by atoms with Crippen molar-refractivity contribution in [2.75, 3.05) is 0 Å². The number of rotatable bonds is 4. The molecule has 1 atom stereocenters. The Morgan fingerprint density at radius 1 is 1.06 bits per heavy atom. The summed E-state index contributed by atoms with van der Waals surface area (Å²) in [7, 11) is 0. The van der Waals surface area contributed by atoms with Crippen LogP contribution in [0, 0.1) is 0 Å². The van der Waals surface area contributed by atoms with Crippen LogP contribution in [0.15, 0.2) is 48.5 Å². The van der Waals surface area contributed by atoms with Gasteiger partial charge in [-0.25, -0.2) is 0 Å². The lowest BCUT2D eigenvalue weighted by atomic mass is 10.1. The molecule has 94 valence electrons. The summed E-state index contributed by atoms with van der Waals surface area (Å²) in [6.45, 7) is 3.86. The van der Waals surface area contributed by atoms with E-state index in [2.05, 4.69) is 19.1 Å². The molecule has 0 aliphatic carbocycles. The van der Waals surface area contributed by atoms with E-state index < -0.39 is 6.10 Å². The summed E-state index contributed by atoms with van der Waals surface area (Å²) in [4.78, 5) is 0. The van der Waals surface area contributed by atoms with Crippen LogP contribution in [-0.2, 0) is 6.42 Å². The second-order valence-electron chi connectivity index (χ2n) is 4.31. The molecule has 2 rings (SSSR count). The standard InChI is InChI=1S/C16H18O2/c1-3-13-8-10-14(11-9-13)18-16-7-5-4-6-15(16)12(2)17/h4-12,17H,3H2,1-2H3. The van der Waals surface area contributed by atoms with Crippen LogP contribution in [0.25, 0.3) is 0 Å². The molecule has 2 aromatic carbocycles. The van der Waals surface area contributed by atoms with Crippen molar-refractivity contribution >= 4 is 0 Å². The Morgan fingerprint density at radius 3 is 2.33 bits per heavy atom. The highest BCUT2D eigenvalue weighted by atomic mass is 16.5. The first-order valence-electron chi connectivity index (χ1n) is 6.24. The molecule has 0 heterocycles. The van der Waals surface area contributed by atoms with E-state index >= 15 is 0 Å². The maximum atomic E-state index is 9.68. The van der Waals surface area contributed by atoms with Gasteiger partial charge in [-0.15, -0.1) is 0 Å². The zero-order valence-electron chi connectivity index (χ0n) is 10.8. The largest absolute Gasteiger partial charge is 0.457 e. The third-order valence-electron chi connectivity index (χ3n) is 2.93. The molecular weight excluding hydrogens is 224 g/mol. The van der Waals surface area contributed by atoms with Crippen molar-refractivity contribution in [2.45, 2.75) is 26.4 Å². The van der Waals surface area contributed by atoms with Gasteiger partial charge in [0, 0.05) is 5.56 Å². The highest BCUT2D eigenvalue weighted by Crippen LogP contribution is 2.29. The SMILES string of the molecule is CCc1ccc(Oc2ccccc2C(C)O)cc1. The van der Waals surface area contributed by atoms with Gasteiger partial charge in [-0.2, -0.15) is 0 Å². The molecule has 18 heavy (non-hydrogen) atoms. The Balaban J connectivity index is 2.22. The van der Waals surface area contributed by atoms with Crippen LogP contribution in [0.4, 0.5) is 0 Å². The van der Waals surface area contributed by atoms with Crippen LogP contribution in [0.1, 0.15) is 31.1 Å². The summed E-state index contributed by atoms with van der Waals surface area (Å²) in [5.41, 5.74) is 2.09. The summed E-state index contributed by atoms with van der Waals surface area (Å²) < 4.78 is 5.81. The molecule has 0 bridgehead atoms. The lowest BCUT2D eigenvalue weighted by molar-refractivity contribution is 0.195. The molecule has 0 aliphatic heterocycles. The first-order chi connectivity index (χ1) is 8.70. The van der Waals surface area contributed by atoms with Gasteiger partial charge in [0.2, 0.25) is 0 Å². The van der Waals surface area contributed by atoms with Crippen molar-refractivity contribution in [3.63, 3.8) is 0 Å². The summed E-state index contributed by atoms with van der Waals surface area (Å²) in [5.74, 6) is 1.50. The molecular formula is C16H18O2. The molecule has 2 aromatic rings. The zero-order valence-corrected chi connectivity index (χ0v) is 10.8. The number of ether oxygens (including phenoxy) is 1. The minimum atomic E-state index is -0.531. The topological polar surface area (TPSA) is 29.5 Å². The van der Waals surface area contributed by atoms with Gasteiger partial charge in [-0.3, -0.25) is 0 Å². The first-order valence-corrected chi connectivity index (χ1v) is 6.24. The normalized spacial score (nSPS) is 12.2. The Hall–Kier alpha value is -1.80. The molecule has 0 saturated heterocycles. The summed E-state index contributed by atoms with van der Waals surface area (Å²) in [5, 5.41) is 9.68. The Kier molecular flexibility index (Phi) is 4.00. The van der Waals surface area contributed by atoms with Crippen LogP contribution in [-0.4, -0.2) is 5.11 Å². The first kappa shape index (κ1) is 12.7. The molecule has 2 nitrogen and oxygen atoms in total. The van der Waals surface area contributed by atoms with Crippen LogP contribution >= 0.6 is 0 Å². The number of aryl methyl sites for hydroxylation is 1. The zero-order chi connectivity index (χ0) is 13.0. The lowest BCUT2D eigenvalue weighted by Crippen LogP contribution is -1.95. The monoisotopic (exact) mass is 242 g/mol. The maximum Gasteiger partial charge on any atom is 0.133 e. The fourth-order valence-corrected chi connectivity index (χ4v) is 1.84. The summed E-state index contributed by atoms with van der Waals surface area (Å²) >= 11 is 0. The van der Waals surface area contributed by atoms with Crippen molar-refractivity contribution in [1.82, 2.24) is 0 Å². The number of hydrogen-bond acceptors (Lipinski definition) is 2. The Morgan fingerprint density at radius 2 is 1.72 bits per heavy atom. The number of benzene rings is 2. The molecule has 0 radical (unpaired) electrons. The Labute approximate surface area is 108 Å². The third-order valence-corrected chi connectivity index (χ3v) is 2.93. The second kappa shape index (κ2) is 5.69. The van der Waals surface area contributed by atoms with E-state index in [9.17, 15) is 5.11 Å². The average molecular weight is 242 g/mol. The van der Waals surface area contributed by atoms with Crippen LogP contribution < -0.4 is 4.74 Å². The molecule has 2 heteroatoms. The van der Waals surface area contributed by atoms with Crippen molar-refractivity contribution < 1.29 is 9.84 Å². The molecule has 0 fully saturated rings. The van der Waals surface area contributed by atoms with Gasteiger partial charge < -0.3 is 9.84 Å². The van der Waals surface area contributed by atoms with E-state index in [1.54, 1.807) is 6.92 Å². The minimum Gasteiger partial charge on any atom is -0.457 e. The van der Waals surface area contributed by atoms with Gasteiger partial charge >= 0.3 is 0 Å². The van der Waals surface area contributed by atoms with E-state index in [4.69, 9.17) is 4.74 Å². The van der Waals surface area contributed by atoms with Gasteiger partial charge in [0.25, 0.3) is 0 Å². The molecule has 1 N–H and O–H groups in total. The minimum absolute atomic E-state index is 0.531. The summed E-state index contributed by atoms with van der Waals surface area (Å²) in [6.07, 6.45) is 0.487. The molecule has 0 aromatic heterocycles. The van der Waals surface area contributed by atoms with Crippen molar-refractivity contribution in [3.05, 3.63) is 59.7 Å². The van der Waals surface area contributed by atoms with E-state index in [0.717, 1.165) is 17.7 Å². The van der Waals surface area contributed by atoms with Gasteiger partial charge in [0.15, 0.2) is 0 Å². The molecule has 1 unspecified atom stereocenters. The van der Waals surface area contributed by atoms with E-state index in [0.29, 0.717) is 5.75 Å². The average Bonchev–Trinajstić information content (AvgIpc) is 2.40. The lowest BCUT2D eigenvalue weighted by Gasteiger charge is -2.13. The highest BCUT2D eigenvalue weighted by molar-refractivity contribution is 5.39. The smallest absolute Gasteiger partial charge is 0.133 e. The number of aliphatic hydroxyl groups excluding tert-OH is 1. The van der Waals surface area contributed by atoms with Gasteiger partial charge in [0.05, 0.1) is 6.10 Å². The number of hydrogen-bond donors (Lipinski definition) is 1. The van der Waals surface area contributed by atoms with Crippen LogP contribution in [0.5, 0.6) is 11.5 Å². The van der Waals surface area contributed by atoms with Gasteiger partial charge in [-0.1, -0.05) is 37.3 Å². The maximum absolute atomic E-state index is 9.68. The summed E-state index contributed by atoms with van der Waals surface area (Å²) in [6, 6.07) is 15.6. The molecule has 0 aliphatic rings. The van der Waals surface area contributed by atoms with Gasteiger partial charge in [0.1, 0.15) is 11.5 Å². The molecule has 0 saturated carbocycles. The number of aliphatic hydroxyl groups is 1. The van der Waals surface area contributed by atoms with E-state index in [1.165, 1.54) is 5.56 Å². The molecule has 0 amide bonds. The predicted octanol–water partition coefficient (Wildman–Crippen LogP) is 4.09. The van der Waals surface area contributed by atoms with Crippen LogP contribution in [0.3, 0.4) is 0 Å². The van der Waals surface area contributed by atoms with Crippen LogP contribution in [0.2, 0.25) is 0 Å². The molecule has 0 spiro atoms. The quantitative estimate of drug-likeness (QED) is 0.874. The van der Waals surface area contributed by atoms with Crippen molar-refractivity contribution in [3.8, 4) is 11.5 Å². The van der Waals surface area contributed by atoms with Gasteiger partial charge in [-0.05, 0) is 37.1 Å². The highest BCUT2D eigenvalue weighted by Gasteiger charge is 2.08. The second-order valence-corrected chi connectivity index (χ2v) is 4.31. The van der Waals surface area contributed by atoms with E-state index in [1.807, 2.05) is 36.4 Å².